The van der Waals surface area contributed by atoms with Gasteiger partial charge in [-0.3, -0.25) is 0 Å². The minimum atomic E-state index is 0.733. The average Bonchev–Trinajstić information content (AvgIpc) is 2.57. The molecule has 0 saturated carbocycles. The highest BCUT2D eigenvalue weighted by Crippen LogP contribution is 1.99. The van der Waals surface area contributed by atoms with Crippen LogP contribution in [0.1, 0.15) is 18.1 Å². The zero-order valence-electron chi connectivity index (χ0n) is 12.3. The van der Waals surface area contributed by atoms with Gasteiger partial charge < -0.3 is 4.74 Å². The molecule has 0 aliphatic carbocycles. The first-order valence-corrected chi connectivity index (χ1v) is 6.66. The smallest absolute Gasteiger partial charge is 0.0716 e. The van der Waals surface area contributed by atoms with Crippen LogP contribution in [0.5, 0.6) is 0 Å². The maximum absolute atomic E-state index is 5.22. The van der Waals surface area contributed by atoms with Gasteiger partial charge in [0, 0.05) is 6.61 Å². The van der Waals surface area contributed by atoms with Crippen LogP contribution in [-0.4, -0.2) is 6.61 Å². The fraction of sp³-hybridized carbons (Fsp3) is 0.158. The highest BCUT2D eigenvalue weighted by atomic mass is 16.5. The molecule has 2 aromatic carbocycles. The second-order valence-electron chi connectivity index (χ2n) is 3.74. The van der Waals surface area contributed by atoms with Crippen molar-refractivity contribution >= 4 is 6.08 Å². The van der Waals surface area contributed by atoms with Gasteiger partial charge in [-0.2, -0.15) is 0 Å². The lowest BCUT2D eigenvalue weighted by atomic mass is 10.2. The molecule has 2 aromatic rings. The summed E-state index contributed by atoms with van der Waals surface area (Å²) >= 11 is 0. The molecule has 0 spiro atoms. The Balaban J connectivity index is 0.000000327. The summed E-state index contributed by atoms with van der Waals surface area (Å²) in [5.74, 6) is 0. The molecular formula is C19H24O. The van der Waals surface area contributed by atoms with Crippen molar-refractivity contribution in [2.75, 3.05) is 6.61 Å². The van der Waals surface area contributed by atoms with Gasteiger partial charge in [0.2, 0.25) is 0 Å². The van der Waals surface area contributed by atoms with Gasteiger partial charge in [0.1, 0.15) is 0 Å². The second-order valence-corrected chi connectivity index (χ2v) is 3.74. The lowest BCUT2D eigenvalue weighted by Gasteiger charge is -1.98. The first kappa shape index (κ1) is 17.9. The van der Waals surface area contributed by atoms with E-state index in [0.29, 0.717) is 0 Å². The van der Waals surface area contributed by atoms with E-state index in [9.17, 15) is 0 Å². The monoisotopic (exact) mass is 268 g/mol. The van der Waals surface area contributed by atoms with E-state index in [0.717, 1.165) is 13.2 Å². The Bertz CT molecular complexity index is 434. The van der Waals surface area contributed by atoms with Crippen LogP contribution < -0.4 is 0 Å². The number of ether oxygens (including phenoxy) is 1. The van der Waals surface area contributed by atoms with Crippen molar-refractivity contribution in [2.24, 2.45) is 0 Å². The molecule has 0 atom stereocenters. The molecule has 1 nitrogen and oxygen atoms in total. The lowest BCUT2D eigenvalue weighted by Crippen LogP contribution is -1.90. The number of hydrogen-bond acceptors (Lipinski definition) is 1. The quantitative estimate of drug-likeness (QED) is 0.679. The minimum absolute atomic E-state index is 0.733. The summed E-state index contributed by atoms with van der Waals surface area (Å²) in [6.45, 7) is 13.2. The van der Waals surface area contributed by atoms with Crippen LogP contribution >= 0.6 is 0 Å². The van der Waals surface area contributed by atoms with Crippen LogP contribution in [-0.2, 0) is 11.3 Å². The number of hydrogen-bond donors (Lipinski definition) is 0. The Morgan fingerprint density at radius 3 is 1.80 bits per heavy atom. The molecule has 106 valence electrons. The van der Waals surface area contributed by atoms with E-state index >= 15 is 0 Å². The summed E-state index contributed by atoms with van der Waals surface area (Å²) in [7, 11) is 0. The van der Waals surface area contributed by atoms with E-state index in [2.05, 4.69) is 31.9 Å². The van der Waals surface area contributed by atoms with E-state index in [1.54, 1.807) is 0 Å². The van der Waals surface area contributed by atoms with Crippen LogP contribution in [0, 0.1) is 0 Å². The molecule has 0 fully saturated rings. The van der Waals surface area contributed by atoms with Crippen molar-refractivity contribution < 1.29 is 4.74 Å². The Morgan fingerprint density at radius 1 is 0.900 bits per heavy atom. The molecule has 0 N–H and O–H groups in total. The molecular weight excluding hydrogens is 244 g/mol. The van der Waals surface area contributed by atoms with Crippen molar-refractivity contribution in [1.29, 1.82) is 0 Å². The molecule has 0 radical (unpaired) electrons. The number of benzene rings is 2. The standard InChI is InChI=1S/C9H12O.C8H8.C2H4/c1-2-10-8-9-6-4-3-5-7-9;1-2-8-6-4-3-5-7-8;1-2/h3-7H,2,8H2,1H3;2-7H,1H2;1-2H2. The van der Waals surface area contributed by atoms with Gasteiger partial charge in [0.05, 0.1) is 6.61 Å². The summed E-state index contributed by atoms with van der Waals surface area (Å²) < 4.78 is 5.22. The third kappa shape index (κ3) is 8.90. The predicted octanol–water partition coefficient (Wildman–Crippen LogP) is 5.35. The van der Waals surface area contributed by atoms with E-state index < -0.39 is 0 Å². The van der Waals surface area contributed by atoms with Crippen molar-refractivity contribution in [3.05, 3.63) is 91.5 Å². The lowest BCUT2D eigenvalue weighted by molar-refractivity contribution is 0.134. The van der Waals surface area contributed by atoms with Gasteiger partial charge in [-0.05, 0) is 18.1 Å². The molecule has 0 amide bonds. The zero-order valence-corrected chi connectivity index (χ0v) is 12.3. The first-order valence-electron chi connectivity index (χ1n) is 6.66. The molecule has 0 heterocycles. The molecule has 1 heteroatoms. The molecule has 0 aliphatic rings. The van der Waals surface area contributed by atoms with E-state index in [1.165, 1.54) is 11.1 Å². The largest absolute Gasteiger partial charge is 0.377 e. The van der Waals surface area contributed by atoms with Gasteiger partial charge in [0.25, 0.3) is 0 Å². The molecule has 0 unspecified atom stereocenters. The van der Waals surface area contributed by atoms with Gasteiger partial charge in [-0.15, -0.1) is 13.2 Å². The van der Waals surface area contributed by atoms with Gasteiger partial charge in [-0.25, -0.2) is 0 Å². The zero-order chi connectivity index (χ0) is 15.1. The van der Waals surface area contributed by atoms with Crippen LogP contribution in [0.25, 0.3) is 6.08 Å². The summed E-state index contributed by atoms with van der Waals surface area (Å²) in [6.07, 6.45) is 1.83. The summed E-state index contributed by atoms with van der Waals surface area (Å²) in [5, 5.41) is 0. The van der Waals surface area contributed by atoms with Crippen molar-refractivity contribution in [1.82, 2.24) is 0 Å². The Labute approximate surface area is 123 Å². The summed E-state index contributed by atoms with van der Waals surface area (Å²) in [5.41, 5.74) is 2.41. The third-order valence-electron chi connectivity index (χ3n) is 2.35. The van der Waals surface area contributed by atoms with E-state index in [1.807, 2.05) is 61.5 Å². The molecule has 0 aromatic heterocycles. The SMILES string of the molecule is C=C.C=Cc1ccccc1.CCOCc1ccccc1. The maximum Gasteiger partial charge on any atom is 0.0716 e. The van der Waals surface area contributed by atoms with E-state index in [-0.39, 0.29) is 0 Å². The first-order chi connectivity index (χ1) is 9.86. The van der Waals surface area contributed by atoms with Crippen LogP contribution in [0.2, 0.25) is 0 Å². The summed E-state index contributed by atoms with van der Waals surface area (Å²) in [6, 6.07) is 20.2. The molecule has 2 rings (SSSR count). The van der Waals surface area contributed by atoms with Gasteiger partial charge in [0.15, 0.2) is 0 Å². The molecule has 0 saturated heterocycles. The number of rotatable bonds is 4. The minimum Gasteiger partial charge on any atom is -0.377 e. The van der Waals surface area contributed by atoms with E-state index in [4.69, 9.17) is 4.74 Å². The molecule has 0 aliphatic heterocycles. The Hall–Kier alpha value is -2.12. The highest BCUT2D eigenvalue weighted by Gasteiger charge is 1.86. The summed E-state index contributed by atoms with van der Waals surface area (Å²) in [4.78, 5) is 0. The fourth-order valence-corrected chi connectivity index (χ4v) is 1.38. The molecule has 20 heavy (non-hydrogen) atoms. The van der Waals surface area contributed by atoms with Crippen LogP contribution in [0.4, 0.5) is 0 Å². The maximum atomic E-state index is 5.22. The Kier molecular flexibility index (Phi) is 11.9. The van der Waals surface area contributed by atoms with Gasteiger partial charge >= 0.3 is 0 Å². The van der Waals surface area contributed by atoms with Crippen molar-refractivity contribution in [2.45, 2.75) is 13.5 Å². The third-order valence-corrected chi connectivity index (χ3v) is 2.35. The van der Waals surface area contributed by atoms with Crippen LogP contribution in [0.3, 0.4) is 0 Å². The Morgan fingerprint density at radius 2 is 1.40 bits per heavy atom. The molecule has 0 bridgehead atoms. The topological polar surface area (TPSA) is 9.23 Å². The average molecular weight is 268 g/mol. The fourth-order valence-electron chi connectivity index (χ4n) is 1.38. The van der Waals surface area contributed by atoms with Gasteiger partial charge in [-0.1, -0.05) is 73.3 Å². The predicted molar refractivity (Wildman–Crippen MR) is 89.6 cm³/mol. The van der Waals surface area contributed by atoms with Crippen molar-refractivity contribution in [3.63, 3.8) is 0 Å². The van der Waals surface area contributed by atoms with Crippen molar-refractivity contribution in [3.8, 4) is 0 Å². The van der Waals surface area contributed by atoms with Crippen LogP contribution in [0.15, 0.2) is 80.4 Å². The second kappa shape index (κ2) is 13.3. The highest BCUT2D eigenvalue weighted by molar-refractivity contribution is 5.45. The normalized spacial score (nSPS) is 8.45.